The Labute approximate surface area is 109 Å². The van der Waals surface area contributed by atoms with Crippen molar-refractivity contribution >= 4 is 23.2 Å². The van der Waals surface area contributed by atoms with Crippen LogP contribution >= 0.6 is 23.2 Å². The number of pyridine rings is 1. The minimum atomic E-state index is 0.450. The predicted octanol–water partition coefficient (Wildman–Crippen LogP) is 3.64. The second-order valence-electron chi connectivity index (χ2n) is 3.39. The van der Waals surface area contributed by atoms with Gasteiger partial charge in [-0.15, -0.1) is 0 Å². The van der Waals surface area contributed by atoms with Crippen LogP contribution in [0.5, 0.6) is 11.6 Å². The summed E-state index contributed by atoms with van der Waals surface area (Å²) in [5.74, 6) is 0.929. The molecule has 0 bridgehead atoms. The molecule has 0 unspecified atom stereocenters. The first-order valence-electron chi connectivity index (χ1n) is 4.97. The molecule has 17 heavy (non-hydrogen) atoms. The van der Waals surface area contributed by atoms with Gasteiger partial charge in [0.25, 0.3) is 0 Å². The number of ether oxygens (including phenoxy) is 1. The third-order valence-corrected chi connectivity index (χ3v) is 2.69. The van der Waals surface area contributed by atoms with Crippen LogP contribution in [0.4, 0.5) is 0 Å². The van der Waals surface area contributed by atoms with Gasteiger partial charge in [0, 0.05) is 29.9 Å². The van der Waals surface area contributed by atoms with Crippen LogP contribution in [0, 0.1) is 0 Å². The molecule has 0 aliphatic heterocycles. The van der Waals surface area contributed by atoms with Crippen LogP contribution in [0.3, 0.4) is 0 Å². The second kappa shape index (κ2) is 5.36. The van der Waals surface area contributed by atoms with Crippen LogP contribution in [-0.2, 0) is 6.54 Å². The molecule has 3 nitrogen and oxygen atoms in total. The lowest BCUT2D eigenvalue weighted by atomic mass is 10.3. The van der Waals surface area contributed by atoms with Gasteiger partial charge in [-0.05, 0) is 17.7 Å². The Kier molecular flexibility index (Phi) is 3.84. The summed E-state index contributed by atoms with van der Waals surface area (Å²) in [7, 11) is 0. The fraction of sp³-hybridized carbons (Fsp3) is 0.0833. The molecular weight excluding hydrogens is 259 g/mol. The maximum absolute atomic E-state index is 5.97. The van der Waals surface area contributed by atoms with Crippen molar-refractivity contribution in [1.82, 2.24) is 4.98 Å². The minimum absolute atomic E-state index is 0.450. The molecule has 2 aromatic rings. The molecule has 0 aliphatic carbocycles. The standard InChI is InChI=1S/C12H10Cl2N2O/c13-9-2-3-10(14)11(5-9)17-12-4-1-8(6-15)7-16-12/h1-5,7H,6,15H2. The first kappa shape index (κ1) is 12.2. The molecule has 1 aromatic heterocycles. The summed E-state index contributed by atoms with van der Waals surface area (Å²) in [6.45, 7) is 0.450. The SMILES string of the molecule is NCc1ccc(Oc2cc(Cl)ccc2Cl)nc1. The molecule has 0 spiro atoms. The topological polar surface area (TPSA) is 48.1 Å². The summed E-state index contributed by atoms with van der Waals surface area (Å²) in [5.41, 5.74) is 6.42. The molecule has 5 heteroatoms. The zero-order valence-corrected chi connectivity index (χ0v) is 10.4. The Morgan fingerprint density at radius 2 is 2.00 bits per heavy atom. The number of hydrogen-bond donors (Lipinski definition) is 1. The zero-order valence-electron chi connectivity index (χ0n) is 8.86. The number of benzene rings is 1. The lowest BCUT2D eigenvalue weighted by Gasteiger charge is -2.07. The van der Waals surface area contributed by atoms with E-state index in [2.05, 4.69) is 4.98 Å². The Bertz CT molecular complexity index is 514. The van der Waals surface area contributed by atoms with Gasteiger partial charge in [0.15, 0.2) is 0 Å². The van der Waals surface area contributed by atoms with E-state index in [1.807, 2.05) is 6.07 Å². The smallest absolute Gasteiger partial charge is 0.219 e. The molecule has 0 fully saturated rings. The van der Waals surface area contributed by atoms with Crippen molar-refractivity contribution < 1.29 is 4.74 Å². The number of rotatable bonds is 3. The van der Waals surface area contributed by atoms with E-state index in [9.17, 15) is 0 Å². The van der Waals surface area contributed by atoms with Crippen molar-refractivity contribution in [2.45, 2.75) is 6.54 Å². The largest absolute Gasteiger partial charge is 0.437 e. The first-order chi connectivity index (χ1) is 8.19. The van der Waals surface area contributed by atoms with E-state index in [4.69, 9.17) is 33.7 Å². The van der Waals surface area contributed by atoms with Gasteiger partial charge in [-0.25, -0.2) is 4.98 Å². The molecular formula is C12H10Cl2N2O. The molecule has 1 heterocycles. The quantitative estimate of drug-likeness (QED) is 0.925. The fourth-order valence-corrected chi connectivity index (χ4v) is 1.58. The Hall–Kier alpha value is -1.29. The number of hydrogen-bond acceptors (Lipinski definition) is 3. The highest BCUT2D eigenvalue weighted by molar-refractivity contribution is 6.34. The lowest BCUT2D eigenvalue weighted by Crippen LogP contribution is -1.97. The first-order valence-corrected chi connectivity index (χ1v) is 5.72. The van der Waals surface area contributed by atoms with E-state index in [-0.39, 0.29) is 0 Å². The van der Waals surface area contributed by atoms with Gasteiger partial charge in [0.05, 0.1) is 5.02 Å². The van der Waals surface area contributed by atoms with Gasteiger partial charge in [-0.3, -0.25) is 0 Å². The van der Waals surface area contributed by atoms with E-state index in [0.29, 0.717) is 28.2 Å². The van der Waals surface area contributed by atoms with E-state index < -0.39 is 0 Å². The van der Waals surface area contributed by atoms with Crippen molar-refractivity contribution in [2.24, 2.45) is 5.73 Å². The molecule has 0 amide bonds. The van der Waals surface area contributed by atoms with Gasteiger partial charge in [0.2, 0.25) is 5.88 Å². The highest BCUT2D eigenvalue weighted by Crippen LogP contribution is 2.30. The number of nitrogens with two attached hydrogens (primary N) is 1. The number of nitrogens with zero attached hydrogens (tertiary/aromatic N) is 1. The fourth-order valence-electron chi connectivity index (χ4n) is 1.26. The Morgan fingerprint density at radius 1 is 1.18 bits per heavy atom. The van der Waals surface area contributed by atoms with E-state index >= 15 is 0 Å². The van der Waals surface area contributed by atoms with E-state index in [1.54, 1.807) is 30.5 Å². The molecule has 0 radical (unpaired) electrons. The summed E-state index contributed by atoms with van der Waals surface area (Å²) in [5, 5.41) is 1.04. The molecule has 2 N–H and O–H groups in total. The van der Waals surface area contributed by atoms with Crippen LogP contribution in [-0.4, -0.2) is 4.98 Å². The van der Waals surface area contributed by atoms with Gasteiger partial charge in [-0.1, -0.05) is 29.3 Å². The van der Waals surface area contributed by atoms with Crippen molar-refractivity contribution in [3.63, 3.8) is 0 Å². The molecule has 88 valence electrons. The van der Waals surface area contributed by atoms with Crippen molar-refractivity contribution in [3.8, 4) is 11.6 Å². The van der Waals surface area contributed by atoms with Crippen LogP contribution in [0.15, 0.2) is 36.5 Å². The Balaban J connectivity index is 2.22. The summed E-state index contributed by atoms with van der Waals surface area (Å²) >= 11 is 11.8. The van der Waals surface area contributed by atoms with Crippen molar-refractivity contribution in [3.05, 3.63) is 52.1 Å². The average Bonchev–Trinajstić information content (AvgIpc) is 2.35. The monoisotopic (exact) mass is 268 g/mol. The predicted molar refractivity (Wildman–Crippen MR) is 68.7 cm³/mol. The normalized spacial score (nSPS) is 10.3. The second-order valence-corrected chi connectivity index (χ2v) is 4.23. The van der Waals surface area contributed by atoms with Crippen LogP contribution < -0.4 is 10.5 Å². The van der Waals surface area contributed by atoms with Crippen LogP contribution in [0.1, 0.15) is 5.56 Å². The zero-order chi connectivity index (χ0) is 12.3. The van der Waals surface area contributed by atoms with Gasteiger partial charge in [-0.2, -0.15) is 0 Å². The molecule has 0 atom stereocenters. The van der Waals surface area contributed by atoms with Gasteiger partial charge >= 0.3 is 0 Å². The van der Waals surface area contributed by atoms with Gasteiger partial charge < -0.3 is 10.5 Å². The van der Waals surface area contributed by atoms with E-state index in [0.717, 1.165) is 5.56 Å². The summed E-state index contributed by atoms with van der Waals surface area (Å²) in [6, 6.07) is 8.60. The molecule has 0 saturated heterocycles. The third kappa shape index (κ3) is 3.09. The highest BCUT2D eigenvalue weighted by Gasteiger charge is 2.04. The molecule has 2 rings (SSSR count). The molecule has 1 aromatic carbocycles. The minimum Gasteiger partial charge on any atom is -0.437 e. The number of aromatic nitrogens is 1. The summed E-state index contributed by atoms with van der Waals surface area (Å²) in [6.07, 6.45) is 1.66. The van der Waals surface area contributed by atoms with Crippen LogP contribution in [0.25, 0.3) is 0 Å². The van der Waals surface area contributed by atoms with Crippen LogP contribution in [0.2, 0.25) is 10.0 Å². The maximum atomic E-state index is 5.97. The third-order valence-electron chi connectivity index (χ3n) is 2.14. The van der Waals surface area contributed by atoms with Crippen molar-refractivity contribution in [1.29, 1.82) is 0 Å². The average molecular weight is 269 g/mol. The summed E-state index contributed by atoms with van der Waals surface area (Å²) < 4.78 is 5.52. The summed E-state index contributed by atoms with van der Waals surface area (Å²) in [4.78, 5) is 4.11. The molecule has 0 saturated carbocycles. The maximum Gasteiger partial charge on any atom is 0.219 e. The molecule has 0 aliphatic rings. The highest BCUT2D eigenvalue weighted by atomic mass is 35.5. The lowest BCUT2D eigenvalue weighted by molar-refractivity contribution is 0.463. The van der Waals surface area contributed by atoms with Gasteiger partial charge in [0.1, 0.15) is 5.75 Å². The van der Waals surface area contributed by atoms with Crippen molar-refractivity contribution in [2.75, 3.05) is 0 Å². The Morgan fingerprint density at radius 3 is 2.65 bits per heavy atom. The van der Waals surface area contributed by atoms with E-state index in [1.165, 1.54) is 0 Å². The number of halogens is 2.